The van der Waals surface area contributed by atoms with E-state index in [4.69, 9.17) is 0 Å². The lowest BCUT2D eigenvalue weighted by Gasteiger charge is -2.36. The van der Waals surface area contributed by atoms with E-state index in [9.17, 15) is 0 Å². The average Bonchev–Trinajstić information content (AvgIpc) is 2.70. The number of thioether (sulfide) groups is 1. The Labute approximate surface area is 127 Å². The summed E-state index contributed by atoms with van der Waals surface area (Å²) in [6, 6.07) is 10.3. The van der Waals surface area contributed by atoms with E-state index in [1.165, 1.54) is 32.1 Å². The fraction of sp³-hybridized carbons (Fsp3) is 0.667. The SMILES string of the molecule is CSC1CCC(NC2c3ccccc3CC2(C)C)CC1. The van der Waals surface area contributed by atoms with Crippen molar-refractivity contribution in [1.82, 2.24) is 5.32 Å². The molecule has 3 rings (SSSR count). The van der Waals surface area contributed by atoms with Crippen molar-refractivity contribution in [3.63, 3.8) is 0 Å². The van der Waals surface area contributed by atoms with Crippen molar-refractivity contribution in [1.29, 1.82) is 0 Å². The summed E-state index contributed by atoms with van der Waals surface area (Å²) in [7, 11) is 0. The highest BCUT2D eigenvalue weighted by Gasteiger charge is 2.39. The molecule has 0 bridgehead atoms. The van der Waals surface area contributed by atoms with Crippen molar-refractivity contribution >= 4 is 11.8 Å². The summed E-state index contributed by atoms with van der Waals surface area (Å²) < 4.78 is 0. The summed E-state index contributed by atoms with van der Waals surface area (Å²) in [5.74, 6) is 0. The Morgan fingerprint density at radius 2 is 1.80 bits per heavy atom. The lowest BCUT2D eigenvalue weighted by molar-refractivity contribution is 0.227. The van der Waals surface area contributed by atoms with Crippen LogP contribution < -0.4 is 5.32 Å². The van der Waals surface area contributed by atoms with Crippen molar-refractivity contribution in [2.75, 3.05) is 6.26 Å². The molecule has 1 nitrogen and oxygen atoms in total. The van der Waals surface area contributed by atoms with Gasteiger partial charge in [-0.2, -0.15) is 11.8 Å². The third-order valence-electron chi connectivity index (χ3n) is 5.20. The fourth-order valence-electron chi connectivity index (χ4n) is 4.01. The normalized spacial score (nSPS) is 32.0. The van der Waals surface area contributed by atoms with Crippen LogP contribution in [-0.2, 0) is 6.42 Å². The van der Waals surface area contributed by atoms with Gasteiger partial charge in [-0.05, 0) is 54.9 Å². The van der Waals surface area contributed by atoms with Crippen LogP contribution in [0.4, 0.5) is 0 Å². The quantitative estimate of drug-likeness (QED) is 0.874. The Kier molecular flexibility index (Phi) is 4.14. The van der Waals surface area contributed by atoms with Gasteiger partial charge in [-0.1, -0.05) is 38.1 Å². The smallest absolute Gasteiger partial charge is 0.0379 e. The predicted molar refractivity (Wildman–Crippen MR) is 89.4 cm³/mol. The minimum Gasteiger partial charge on any atom is -0.307 e. The van der Waals surface area contributed by atoms with Crippen LogP contribution in [0.15, 0.2) is 24.3 Å². The van der Waals surface area contributed by atoms with Gasteiger partial charge in [0.05, 0.1) is 0 Å². The molecule has 2 heteroatoms. The molecule has 2 aliphatic rings. The molecule has 0 spiro atoms. The van der Waals surface area contributed by atoms with Gasteiger partial charge in [0.1, 0.15) is 0 Å². The summed E-state index contributed by atoms with van der Waals surface area (Å²) in [6.45, 7) is 4.83. The molecule has 0 saturated heterocycles. The van der Waals surface area contributed by atoms with Crippen LogP contribution in [0.5, 0.6) is 0 Å². The first-order valence-electron chi connectivity index (χ1n) is 7.97. The van der Waals surface area contributed by atoms with Crippen LogP contribution in [-0.4, -0.2) is 17.5 Å². The maximum atomic E-state index is 4.00. The third kappa shape index (κ3) is 2.78. The van der Waals surface area contributed by atoms with E-state index in [-0.39, 0.29) is 0 Å². The van der Waals surface area contributed by atoms with E-state index >= 15 is 0 Å². The molecular weight excluding hydrogens is 262 g/mol. The number of benzene rings is 1. The highest BCUT2D eigenvalue weighted by atomic mass is 32.2. The molecule has 1 aromatic rings. The van der Waals surface area contributed by atoms with Crippen LogP contribution in [0.1, 0.15) is 56.7 Å². The van der Waals surface area contributed by atoms with Gasteiger partial charge in [0, 0.05) is 17.3 Å². The summed E-state index contributed by atoms with van der Waals surface area (Å²) in [5, 5.41) is 4.90. The number of fused-ring (bicyclic) bond motifs is 1. The van der Waals surface area contributed by atoms with Crippen molar-refractivity contribution in [3.8, 4) is 0 Å². The van der Waals surface area contributed by atoms with Crippen LogP contribution in [0.25, 0.3) is 0 Å². The van der Waals surface area contributed by atoms with Gasteiger partial charge in [-0.25, -0.2) is 0 Å². The van der Waals surface area contributed by atoms with Crippen molar-refractivity contribution < 1.29 is 0 Å². The molecule has 0 aliphatic heterocycles. The van der Waals surface area contributed by atoms with E-state index in [2.05, 4.69) is 61.4 Å². The molecule has 1 N–H and O–H groups in total. The minimum absolute atomic E-state index is 0.347. The molecule has 0 aromatic heterocycles. The summed E-state index contributed by atoms with van der Waals surface area (Å²) in [4.78, 5) is 0. The maximum Gasteiger partial charge on any atom is 0.0379 e. The zero-order chi connectivity index (χ0) is 14.2. The van der Waals surface area contributed by atoms with E-state index in [1.807, 2.05) is 0 Å². The topological polar surface area (TPSA) is 12.0 Å². The lowest BCUT2D eigenvalue weighted by atomic mass is 9.83. The third-order valence-corrected chi connectivity index (χ3v) is 6.34. The maximum absolute atomic E-state index is 4.00. The second-order valence-corrected chi connectivity index (χ2v) is 8.31. The predicted octanol–water partition coefficient (Wildman–Crippen LogP) is 4.57. The molecule has 0 radical (unpaired) electrons. The molecule has 1 atom stereocenters. The standard InChI is InChI=1S/C18H27NS/c1-18(2)12-13-6-4-5-7-16(13)17(18)19-14-8-10-15(20-3)11-9-14/h4-7,14-15,17,19H,8-12H2,1-3H3. The Balaban J connectivity index is 1.70. The Morgan fingerprint density at radius 1 is 1.10 bits per heavy atom. The first-order chi connectivity index (χ1) is 9.60. The van der Waals surface area contributed by atoms with Crippen LogP contribution >= 0.6 is 11.8 Å². The summed E-state index contributed by atoms with van der Waals surface area (Å²) in [6.07, 6.45) is 8.93. The van der Waals surface area contributed by atoms with Gasteiger partial charge in [-0.3, -0.25) is 0 Å². The molecule has 0 amide bonds. The summed E-state index contributed by atoms with van der Waals surface area (Å²) in [5.41, 5.74) is 3.44. The highest BCUT2D eigenvalue weighted by Crippen LogP contribution is 2.45. The molecule has 2 aliphatic carbocycles. The van der Waals surface area contributed by atoms with Gasteiger partial charge < -0.3 is 5.32 Å². The van der Waals surface area contributed by atoms with Gasteiger partial charge >= 0.3 is 0 Å². The van der Waals surface area contributed by atoms with Crippen molar-refractivity contribution in [2.24, 2.45) is 5.41 Å². The first-order valence-corrected chi connectivity index (χ1v) is 9.25. The molecular formula is C18H27NS. The largest absolute Gasteiger partial charge is 0.307 e. The molecule has 1 fully saturated rings. The Morgan fingerprint density at radius 3 is 2.50 bits per heavy atom. The number of rotatable bonds is 3. The monoisotopic (exact) mass is 289 g/mol. The van der Waals surface area contributed by atoms with Crippen LogP contribution in [0, 0.1) is 5.41 Å². The van der Waals surface area contributed by atoms with E-state index in [1.54, 1.807) is 11.1 Å². The van der Waals surface area contributed by atoms with E-state index in [0.717, 1.165) is 5.25 Å². The molecule has 1 unspecified atom stereocenters. The Hall–Kier alpha value is -0.470. The molecule has 1 saturated carbocycles. The van der Waals surface area contributed by atoms with Crippen molar-refractivity contribution in [2.45, 2.75) is 63.3 Å². The average molecular weight is 289 g/mol. The molecule has 0 heterocycles. The van der Waals surface area contributed by atoms with Crippen LogP contribution in [0.2, 0.25) is 0 Å². The molecule has 20 heavy (non-hydrogen) atoms. The van der Waals surface area contributed by atoms with Gasteiger partial charge in [0.25, 0.3) is 0 Å². The second kappa shape index (κ2) is 5.73. The fourth-order valence-corrected chi connectivity index (χ4v) is 4.75. The molecule has 110 valence electrons. The second-order valence-electron chi connectivity index (χ2n) is 7.17. The van der Waals surface area contributed by atoms with Crippen LogP contribution in [0.3, 0.4) is 0 Å². The molecule has 1 aromatic carbocycles. The Bertz CT molecular complexity index is 460. The van der Waals surface area contributed by atoms with Crippen molar-refractivity contribution in [3.05, 3.63) is 35.4 Å². The minimum atomic E-state index is 0.347. The first kappa shape index (κ1) is 14.5. The van der Waals surface area contributed by atoms with E-state index in [0.29, 0.717) is 17.5 Å². The van der Waals surface area contributed by atoms with E-state index < -0.39 is 0 Å². The van der Waals surface area contributed by atoms with Gasteiger partial charge in [0.15, 0.2) is 0 Å². The highest BCUT2D eigenvalue weighted by molar-refractivity contribution is 7.99. The number of hydrogen-bond acceptors (Lipinski definition) is 2. The lowest BCUT2D eigenvalue weighted by Crippen LogP contribution is -2.40. The number of nitrogens with one attached hydrogen (secondary N) is 1. The van der Waals surface area contributed by atoms with Gasteiger partial charge in [0.2, 0.25) is 0 Å². The summed E-state index contributed by atoms with van der Waals surface area (Å²) >= 11 is 2.05. The zero-order valence-electron chi connectivity index (χ0n) is 13.0. The van der Waals surface area contributed by atoms with Gasteiger partial charge in [-0.15, -0.1) is 0 Å². The number of hydrogen-bond donors (Lipinski definition) is 1. The zero-order valence-corrected chi connectivity index (χ0v) is 13.8.